The standard InChI is InChI=1S/C31H35N5O6/c1-3-40-26-14-8-5-11-22(26)29(36-24-13-7-6-12-23(24)34-35-36)31(39)33-28(30(38)32-19-21-10-9-17-42-21)20-15-16-25(37)27(18-20)41-4-2/h5-8,11-16,18,21,28-29,37H,3-4,9-10,17,19H2,1-2H3,(H,32,38)(H,33,39)/t21-,28+,29+/m1/s1. The normalized spacial score (nSPS) is 16.1. The molecule has 0 spiro atoms. The molecule has 0 unspecified atom stereocenters. The number of benzene rings is 3. The fraction of sp³-hybridized carbons (Fsp3) is 0.355. The van der Waals surface area contributed by atoms with Crippen molar-refractivity contribution in [2.45, 2.75) is 44.9 Å². The predicted molar refractivity (Wildman–Crippen MR) is 155 cm³/mol. The lowest BCUT2D eigenvalue weighted by molar-refractivity contribution is -0.130. The molecule has 0 saturated carbocycles. The smallest absolute Gasteiger partial charge is 0.250 e. The number of fused-ring (bicyclic) bond motifs is 1. The second-order valence-electron chi connectivity index (χ2n) is 9.88. The fourth-order valence-corrected chi connectivity index (χ4v) is 5.08. The Morgan fingerprint density at radius 3 is 2.57 bits per heavy atom. The van der Waals surface area contributed by atoms with Crippen LogP contribution in [-0.4, -0.2) is 64.4 Å². The van der Waals surface area contributed by atoms with Crippen molar-refractivity contribution in [2.24, 2.45) is 0 Å². The van der Waals surface area contributed by atoms with Gasteiger partial charge in [-0.15, -0.1) is 5.10 Å². The highest BCUT2D eigenvalue weighted by Crippen LogP contribution is 2.33. The van der Waals surface area contributed by atoms with Crippen LogP contribution >= 0.6 is 0 Å². The molecule has 3 atom stereocenters. The van der Waals surface area contributed by atoms with Crippen molar-refractivity contribution in [1.82, 2.24) is 25.6 Å². The topological polar surface area (TPSA) is 137 Å². The van der Waals surface area contributed by atoms with Crippen LogP contribution in [-0.2, 0) is 14.3 Å². The highest BCUT2D eigenvalue weighted by Gasteiger charge is 2.33. The van der Waals surface area contributed by atoms with E-state index in [9.17, 15) is 14.7 Å². The summed E-state index contributed by atoms with van der Waals surface area (Å²) >= 11 is 0. The van der Waals surface area contributed by atoms with E-state index in [1.165, 1.54) is 10.7 Å². The molecule has 2 amide bonds. The molecule has 5 rings (SSSR count). The number of amides is 2. The van der Waals surface area contributed by atoms with Crippen molar-refractivity contribution in [2.75, 3.05) is 26.4 Å². The summed E-state index contributed by atoms with van der Waals surface area (Å²) < 4.78 is 18.7. The summed E-state index contributed by atoms with van der Waals surface area (Å²) in [7, 11) is 0. The van der Waals surface area contributed by atoms with E-state index in [2.05, 4.69) is 20.9 Å². The molecule has 0 aliphatic carbocycles. The van der Waals surface area contributed by atoms with E-state index in [-0.39, 0.29) is 17.6 Å². The molecule has 4 aromatic rings. The SMILES string of the molecule is CCOc1cc([C@H](NC(=O)[C@H](c2ccccc2OCC)n2nnc3ccccc32)C(=O)NC[C@H]2CCCO2)ccc1O. The Morgan fingerprint density at radius 1 is 1.02 bits per heavy atom. The van der Waals surface area contributed by atoms with Crippen LogP contribution in [0.4, 0.5) is 0 Å². The van der Waals surface area contributed by atoms with E-state index in [1.807, 2.05) is 43.3 Å². The molecule has 11 nitrogen and oxygen atoms in total. The van der Waals surface area contributed by atoms with Crippen molar-refractivity contribution in [1.29, 1.82) is 0 Å². The Balaban J connectivity index is 1.54. The third kappa shape index (κ3) is 6.31. The van der Waals surface area contributed by atoms with Crippen LogP contribution < -0.4 is 20.1 Å². The monoisotopic (exact) mass is 573 g/mol. The van der Waals surface area contributed by atoms with Crippen molar-refractivity contribution in [3.8, 4) is 17.2 Å². The van der Waals surface area contributed by atoms with Gasteiger partial charge in [0.15, 0.2) is 17.5 Å². The van der Waals surface area contributed by atoms with Gasteiger partial charge >= 0.3 is 0 Å². The van der Waals surface area contributed by atoms with Crippen molar-refractivity contribution in [3.05, 3.63) is 77.9 Å². The molecule has 11 heteroatoms. The third-order valence-electron chi connectivity index (χ3n) is 7.08. The molecule has 1 fully saturated rings. The van der Waals surface area contributed by atoms with Crippen LogP contribution in [0.3, 0.4) is 0 Å². The number of ether oxygens (including phenoxy) is 3. The number of phenolic OH excluding ortho intramolecular Hbond substituents is 1. The minimum Gasteiger partial charge on any atom is -0.504 e. The summed E-state index contributed by atoms with van der Waals surface area (Å²) in [5.41, 5.74) is 2.27. The van der Waals surface area contributed by atoms with Gasteiger partial charge in [0, 0.05) is 18.7 Å². The van der Waals surface area contributed by atoms with Crippen LogP contribution in [0.1, 0.15) is 49.9 Å². The zero-order chi connectivity index (χ0) is 29.5. The number of phenols is 1. The molecule has 1 aromatic heterocycles. The number of carbonyl (C=O) groups is 2. The van der Waals surface area contributed by atoms with E-state index in [4.69, 9.17) is 14.2 Å². The van der Waals surface area contributed by atoms with Gasteiger partial charge in [0.2, 0.25) is 5.91 Å². The Bertz CT molecular complexity index is 1530. The fourth-order valence-electron chi connectivity index (χ4n) is 5.08. The molecule has 42 heavy (non-hydrogen) atoms. The lowest BCUT2D eigenvalue weighted by atomic mass is 10.0. The first-order valence-electron chi connectivity index (χ1n) is 14.2. The molecule has 0 bridgehead atoms. The zero-order valence-electron chi connectivity index (χ0n) is 23.7. The molecule has 1 aliphatic heterocycles. The molecular formula is C31H35N5O6. The van der Waals surface area contributed by atoms with Gasteiger partial charge in [0.05, 0.1) is 24.8 Å². The summed E-state index contributed by atoms with van der Waals surface area (Å²) in [5.74, 6) is -0.263. The van der Waals surface area contributed by atoms with Gasteiger partial charge < -0.3 is 30.0 Å². The molecule has 1 saturated heterocycles. The second-order valence-corrected chi connectivity index (χ2v) is 9.88. The number of hydrogen-bond donors (Lipinski definition) is 3. The largest absolute Gasteiger partial charge is 0.504 e. The summed E-state index contributed by atoms with van der Waals surface area (Å²) in [5, 5.41) is 24.8. The quantitative estimate of drug-likeness (QED) is 0.234. The van der Waals surface area contributed by atoms with Gasteiger partial charge in [-0.25, -0.2) is 4.68 Å². The average molecular weight is 574 g/mol. The van der Waals surface area contributed by atoms with Crippen molar-refractivity contribution in [3.63, 3.8) is 0 Å². The summed E-state index contributed by atoms with van der Waals surface area (Å²) in [6.45, 7) is 5.34. The van der Waals surface area contributed by atoms with Gasteiger partial charge in [-0.3, -0.25) is 9.59 Å². The molecule has 0 radical (unpaired) electrons. The first-order valence-corrected chi connectivity index (χ1v) is 14.2. The molecule has 2 heterocycles. The van der Waals surface area contributed by atoms with Crippen LogP contribution in [0.15, 0.2) is 66.7 Å². The van der Waals surface area contributed by atoms with Gasteiger partial charge in [-0.1, -0.05) is 41.6 Å². The maximum absolute atomic E-state index is 14.3. The van der Waals surface area contributed by atoms with Gasteiger partial charge in [0.25, 0.3) is 5.91 Å². The number of carbonyl (C=O) groups excluding carboxylic acids is 2. The average Bonchev–Trinajstić information content (AvgIpc) is 3.68. The third-order valence-corrected chi connectivity index (χ3v) is 7.08. The Labute approximate surface area is 243 Å². The molecule has 1 aliphatic rings. The lowest BCUT2D eigenvalue weighted by Gasteiger charge is -2.25. The number of aromatic nitrogens is 3. The highest BCUT2D eigenvalue weighted by molar-refractivity contribution is 5.92. The van der Waals surface area contributed by atoms with E-state index in [0.717, 1.165) is 12.8 Å². The Hall–Kier alpha value is -4.64. The number of nitrogens with zero attached hydrogens (tertiary/aromatic N) is 3. The molecule has 220 valence electrons. The maximum atomic E-state index is 14.3. The Kier molecular flexibility index (Phi) is 9.18. The van der Waals surface area contributed by atoms with Crippen molar-refractivity contribution < 1.29 is 28.9 Å². The number of rotatable bonds is 12. The maximum Gasteiger partial charge on any atom is 0.250 e. The first-order chi connectivity index (χ1) is 20.5. The van der Waals surface area contributed by atoms with Crippen molar-refractivity contribution >= 4 is 22.8 Å². The minimum absolute atomic E-state index is 0.0666. The number of aromatic hydroxyl groups is 1. The second kappa shape index (κ2) is 13.3. The predicted octanol–water partition coefficient (Wildman–Crippen LogP) is 3.68. The zero-order valence-corrected chi connectivity index (χ0v) is 23.7. The number of hydrogen-bond acceptors (Lipinski definition) is 8. The van der Waals surface area contributed by atoms with Crippen LogP contribution in [0, 0.1) is 0 Å². The summed E-state index contributed by atoms with van der Waals surface area (Å²) in [6.07, 6.45) is 1.69. The Morgan fingerprint density at radius 2 is 1.79 bits per heavy atom. The van der Waals surface area contributed by atoms with Gasteiger partial charge in [-0.05, 0) is 62.6 Å². The lowest BCUT2D eigenvalue weighted by Crippen LogP contribution is -2.45. The molecular weight excluding hydrogens is 538 g/mol. The molecule has 3 aromatic carbocycles. The summed E-state index contributed by atoms with van der Waals surface area (Å²) in [4.78, 5) is 28.0. The van der Waals surface area contributed by atoms with Gasteiger partial charge in [0.1, 0.15) is 17.3 Å². The van der Waals surface area contributed by atoms with E-state index in [1.54, 1.807) is 31.2 Å². The highest BCUT2D eigenvalue weighted by atomic mass is 16.5. The van der Waals surface area contributed by atoms with Crippen LogP contribution in [0.5, 0.6) is 17.2 Å². The minimum atomic E-state index is -1.12. The summed E-state index contributed by atoms with van der Waals surface area (Å²) in [6, 6.07) is 17.0. The van der Waals surface area contributed by atoms with Gasteiger partial charge in [-0.2, -0.15) is 0 Å². The first kappa shape index (κ1) is 28.9. The van der Waals surface area contributed by atoms with Crippen LogP contribution in [0.2, 0.25) is 0 Å². The van der Waals surface area contributed by atoms with E-state index >= 15 is 0 Å². The molecule has 3 N–H and O–H groups in total. The number of para-hydroxylation sites is 2. The number of nitrogens with one attached hydrogen (secondary N) is 2. The van der Waals surface area contributed by atoms with E-state index in [0.29, 0.717) is 54.3 Å². The van der Waals surface area contributed by atoms with E-state index < -0.39 is 23.9 Å². The van der Waals surface area contributed by atoms with Crippen LogP contribution in [0.25, 0.3) is 11.0 Å².